The zero-order valence-corrected chi connectivity index (χ0v) is 16.5. The molecule has 7 nitrogen and oxygen atoms in total. The van der Waals surface area contributed by atoms with Crippen LogP contribution in [0.25, 0.3) is 16.9 Å². The van der Waals surface area contributed by atoms with Gasteiger partial charge in [0.15, 0.2) is 17.1 Å². The van der Waals surface area contributed by atoms with E-state index in [1.807, 2.05) is 53.1 Å². The van der Waals surface area contributed by atoms with Crippen molar-refractivity contribution in [3.63, 3.8) is 0 Å². The summed E-state index contributed by atoms with van der Waals surface area (Å²) in [6.07, 6.45) is 5.35. The predicted octanol–water partition coefficient (Wildman–Crippen LogP) is 4.03. The average molecular weight is 390 g/mol. The van der Waals surface area contributed by atoms with E-state index in [0.717, 1.165) is 34.0 Å². The van der Waals surface area contributed by atoms with E-state index in [2.05, 4.69) is 10.3 Å². The van der Waals surface area contributed by atoms with Gasteiger partial charge >= 0.3 is 0 Å². The van der Waals surface area contributed by atoms with E-state index in [0.29, 0.717) is 18.0 Å². The van der Waals surface area contributed by atoms with Crippen molar-refractivity contribution >= 4 is 11.5 Å². The smallest absolute Gasteiger partial charge is 0.170 e. The summed E-state index contributed by atoms with van der Waals surface area (Å²) in [6, 6.07) is 13.7. The SMILES string of the molecule is COc1ccc(CNc2c(-c3cccc(OC)c3OC)nc3cnccn23)cc1. The molecule has 7 heteroatoms. The van der Waals surface area contributed by atoms with E-state index >= 15 is 0 Å². The highest BCUT2D eigenvalue weighted by Crippen LogP contribution is 2.40. The average Bonchev–Trinajstić information content (AvgIpc) is 3.15. The van der Waals surface area contributed by atoms with Gasteiger partial charge in [-0.1, -0.05) is 18.2 Å². The minimum Gasteiger partial charge on any atom is -0.497 e. The van der Waals surface area contributed by atoms with Crippen LogP contribution in [0.4, 0.5) is 5.82 Å². The largest absolute Gasteiger partial charge is 0.497 e. The van der Waals surface area contributed by atoms with Crippen molar-refractivity contribution in [2.45, 2.75) is 6.54 Å². The molecule has 0 aliphatic heterocycles. The number of methoxy groups -OCH3 is 3. The van der Waals surface area contributed by atoms with E-state index in [4.69, 9.17) is 19.2 Å². The van der Waals surface area contributed by atoms with Crippen molar-refractivity contribution in [2.75, 3.05) is 26.6 Å². The van der Waals surface area contributed by atoms with Gasteiger partial charge in [0.2, 0.25) is 0 Å². The predicted molar refractivity (Wildman–Crippen MR) is 112 cm³/mol. The maximum absolute atomic E-state index is 5.63. The van der Waals surface area contributed by atoms with Gasteiger partial charge in [-0.25, -0.2) is 4.98 Å². The summed E-state index contributed by atoms with van der Waals surface area (Å²) >= 11 is 0. The molecule has 0 aliphatic carbocycles. The third-order valence-corrected chi connectivity index (χ3v) is 4.71. The second-order valence-electron chi connectivity index (χ2n) is 6.36. The third kappa shape index (κ3) is 3.54. The Balaban J connectivity index is 1.77. The zero-order valence-electron chi connectivity index (χ0n) is 16.5. The summed E-state index contributed by atoms with van der Waals surface area (Å²) in [5.74, 6) is 2.97. The Bertz CT molecular complexity index is 1120. The van der Waals surface area contributed by atoms with Crippen molar-refractivity contribution < 1.29 is 14.2 Å². The number of para-hydroxylation sites is 1. The Morgan fingerprint density at radius 3 is 2.52 bits per heavy atom. The molecular weight excluding hydrogens is 368 g/mol. The number of fused-ring (bicyclic) bond motifs is 1. The minimum absolute atomic E-state index is 0.624. The summed E-state index contributed by atoms with van der Waals surface area (Å²) in [7, 11) is 4.91. The number of aromatic nitrogens is 3. The molecule has 0 radical (unpaired) electrons. The van der Waals surface area contributed by atoms with Crippen LogP contribution in [0.2, 0.25) is 0 Å². The van der Waals surface area contributed by atoms with Crippen LogP contribution >= 0.6 is 0 Å². The molecule has 0 saturated carbocycles. The Labute approximate surface area is 168 Å². The number of rotatable bonds is 7. The molecule has 2 aromatic heterocycles. The lowest BCUT2D eigenvalue weighted by Crippen LogP contribution is -2.04. The van der Waals surface area contributed by atoms with E-state index in [1.54, 1.807) is 33.7 Å². The molecule has 4 rings (SSSR count). The van der Waals surface area contributed by atoms with Crippen LogP contribution < -0.4 is 19.5 Å². The van der Waals surface area contributed by atoms with E-state index < -0.39 is 0 Å². The molecule has 0 fully saturated rings. The summed E-state index contributed by atoms with van der Waals surface area (Å²) < 4.78 is 18.3. The molecule has 0 amide bonds. The first-order valence-corrected chi connectivity index (χ1v) is 9.15. The number of imidazole rings is 1. The summed E-state index contributed by atoms with van der Waals surface area (Å²) in [5.41, 5.74) is 3.47. The van der Waals surface area contributed by atoms with Gasteiger partial charge in [0, 0.05) is 24.5 Å². The van der Waals surface area contributed by atoms with Crippen LogP contribution in [0.3, 0.4) is 0 Å². The first-order chi connectivity index (χ1) is 14.2. The fourth-order valence-electron chi connectivity index (χ4n) is 3.27. The van der Waals surface area contributed by atoms with E-state index in [9.17, 15) is 0 Å². The number of ether oxygens (including phenoxy) is 3. The summed E-state index contributed by atoms with van der Waals surface area (Å²) in [4.78, 5) is 8.98. The highest BCUT2D eigenvalue weighted by atomic mass is 16.5. The Kier molecular flexibility index (Phi) is 5.20. The summed E-state index contributed by atoms with van der Waals surface area (Å²) in [6.45, 7) is 0.624. The zero-order chi connectivity index (χ0) is 20.2. The van der Waals surface area contributed by atoms with Gasteiger partial charge in [-0.15, -0.1) is 0 Å². The highest BCUT2D eigenvalue weighted by molar-refractivity contribution is 5.82. The number of benzene rings is 2. The third-order valence-electron chi connectivity index (χ3n) is 4.71. The lowest BCUT2D eigenvalue weighted by atomic mass is 10.1. The normalized spacial score (nSPS) is 10.7. The Hall–Kier alpha value is -3.74. The van der Waals surface area contributed by atoms with Crippen LogP contribution in [-0.4, -0.2) is 35.7 Å². The molecule has 0 aliphatic rings. The number of nitrogens with one attached hydrogen (secondary N) is 1. The van der Waals surface area contributed by atoms with Gasteiger partial charge in [0.05, 0.1) is 27.5 Å². The van der Waals surface area contributed by atoms with Crippen LogP contribution in [0.1, 0.15) is 5.56 Å². The second-order valence-corrected chi connectivity index (χ2v) is 6.36. The fraction of sp³-hybridized carbons (Fsp3) is 0.182. The van der Waals surface area contributed by atoms with Crippen LogP contribution in [0.5, 0.6) is 17.2 Å². The number of hydrogen-bond donors (Lipinski definition) is 1. The second kappa shape index (κ2) is 8.10. The van der Waals surface area contributed by atoms with Gasteiger partial charge in [0.1, 0.15) is 17.3 Å². The number of nitrogens with zero attached hydrogens (tertiary/aromatic N) is 3. The first-order valence-electron chi connectivity index (χ1n) is 9.15. The van der Waals surface area contributed by atoms with Crippen molar-refractivity contribution in [2.24, 2.45) is 0 Å². The topological polar surface area (TPSA) is 69.9 Å². The van der Waals surface area contributed by atoms with Crippen LogP contribution in [0, 0.1) is 0 Å². The van der Waals surface area contributed by atoms with E-state index in [-0.39, 0.29) is 0 Å². The molecule has 0 atom stereocenters. The van der Waals surface area contributed by atoms with Crippen molar-refractivity contribution in [1.29, 1.82) is 0 Å². The van der Waals surface area contributed by atoms with Crippen LogP contribution in [-0.2, 0) is 6.54 Å². The first kappa shape index (κ1) is 18.6. The maximum atomic E-state index is 5.63. The molecule has 148 valence electrons. The number of anilines is 1. The molecule has 1 N–H and O–H groups in total. The Morgan fingerprint density at radius 1 is 0.966 bits per heavy atom. The molecule has 29 heavy (non-hydrogen) atoms. The molecule has 0 saturated heterocycles. The molecule has 2 heterocycles. The maximum Gasteiger partial charge on any atom is 0.170 e. The van der Waals surface area contributed by atoms with Gasteiger partial charge in [0.25, 0.3) is 0 Å². The molecule has 0 spiro atoms. The quantitative estimate of drug-likeness (QED) is 0.514. The van der Waals surface area contributed by atoms with Crippen LogP contribution in [0.15, 0.2) is 61.1 Å². The van der Waals surface area contributed by atoms with Gasteiger partial charge < -0.3 is 19.5 Å². The summed E-state index contributed by atoms with van der Waals surface area (Å²) in [5, 5.41) is 3.51. The molecule has 0 bridgehead atoms. The van der Waals surface area contributed by atoms with Gasteiger partial charge in [-0.2, -0.15) is 0 Å². The Morgan fingerprint density at radius 2 is 1.79 bits per heavy atom. The van der Waals surface area contributed by atoms with E-state index in [1.165, 1.54) is 0 Å². The minimum atomic E-state index is 0.624. The molecule has 4 aromatic rings. The lowest BCUT2D eigenvalue weighted by molar-refractivity contribution is 0.356. The fourth-order valence-corrected chi connectivity index (χ4v) is 3.27. The monoisotopic (exact) mass is 390 g/mol. The molecular formula is C22H22N4O3. The van der Waals surface area contributed by atoms with Gasteiger partial charge in [-0.3, -0.25) is 9.38 Å². The van der Waals surface area contributed by atoms with Crippen molar-refractivity contribution in [3.8, 4) is 28.5 Å². The number of hydrogen-bond acceptors (Lipinski definition) is 6. The lowest BCUT2D eigenvalue weighted by Gasteiger charge is -2.13. The standard InChI is InChI=1S/C22H22N4O3/c1-27-16-9-7-15(8-10-16)13-24-22-20(25-19-14-23-11-12-26(19)22)17-5-4-6-18(28-2)21(17)29-3/h4-12,14,24H,13H2,1-3H3. The highest BCUT2D eigenvalue weighted by Gasteiger charge is 2.20. The van der Waals surface area contributed by atoms with Crippen molar-refractivity contribution in [3.05, 3.63) is 66.6 Å². The molecule has 2 aromatic carbocycles. The molecule has 0 unspecified atom stereocenters. The van der Waals surface area contributed by atoms with Crippen molar-refractivity contribution in [1.82, 2.24) is 14.4 Å². The van der Waals surface area contributed by atoms with Gasteiger partial charge in [-0.05, 0) is 29.8 Å².